The molecular weight excluding hydrogens is 362 g/mol. The molecule has 1 aromatic heterocycles. The number of hydrogen-bond acceptors (Lipinski definition) is 4. The van der Waals surface area contributed by atoms with Gasteiger partial charge in [0.25, 0.3) is 0 Å². The molecular formula is C24H23N3O2. The number of ether oxygens (including phenoxy) is 1. The van der Waals surface area contributed by atoms with Gasteiger partial charge in [0.05, 0.1) is 0 Å². The first-order valence-corrected chi connectivity index (χ1v) is 9.55. The van der Waals surface area contributed by atoms with Crippen molar-refractivity contribution in [1.82, 2.24) is 9.55 Å². The number of aryl methyl sites for hydroxylation is 2. The summed E-state index contributed by atoms with van der Waals surface area (Å²) >= 11 is 0. The van der Waals surface area contributed by atoms with Crippen LogP contribution in [0.1, 0.15) is 40.7 Å². The van der Waals surface area contributed by atoms with Crippen LogP contribution in [0.25, 0.3) is 6.08 Å². The molecule has 0 saturated carbocycles. The second kappa shape index (κ2) is 9.52. The zero-order valence-electron chi connectivity index (χ0n) is 16.6. The van der Waals surface area contributed by atoms with Gasteiger partial charge in [0.15, 0.2) is 0 Å². The Bertz CT molecular complexity index is 1040. The number of carbonyl (C=O) groups is 1. The SMILES string of the molecule is CCCc1ccc(C(=O)C(C#N)=Cc2ccc(OCc3nccn3C)cc2)cc1. The number of benzene rings is 2. The fourth-order valence-corrected chi connectivity index (χ4v) is 2.93. The second-order valence-electron chi connectivity index (χ2n) is 6.76. The number of hydrogen-bond donors (Lipinski definition) is 0. The number of Topliss-reactive ketones (excluding diaryl/α,β-unsaturated/α-hetero) is 1. The second-order valence-corrected chi connectivity index (χ2v) is 6.76. The van der Waals surface area contributed by atoms with Crippen LogP contribution < -0.4 is 4.74 Å². The average molecular weight is 385 g/mol. The van der Waals surface area contributed by atoms with Crippen LogP contribution in [0.5, 0.6) is 5.75 Å². The lowest BCUT2D eigenvalue weighted by Gasteiger charge is -2.06. The summed E-state index contributed by atoms with van der Waals surface area (Å²) in [6.07, 6.45) is 7.22. The van der Waals surface area contributed by atoms with Gasteiger partial charge >= 0.3 is 0 Å². The largest absolute Gasteiger partial charge is 0.486 e. The molecule has 0 aliphatic rings. The molecule has 3 rings (SSSR count). The Balaban J connectivity index is 1.69. The Morgan fingerprint density at radius 2 is 1.90 bits per heavy atom. The molecule has 29 heavy (non-hydrogen) atoms. The van der Waals surface area contributed by atoms with E-state index in [1.165, 1.54) is 5.56 Å². The molecule has 0 aliphatic heterocycles. The topological polar surface area (TPSA) is 67.9 Å². The fourth-order valence-electron chi connectivity index (χ4n) is 2.93. The number of nitriles is 1. The zero-order chi connectivity index (χ0) is 20.6. The first-order chi connectivity index (χ1) is 14.1. The first kappa shape index (κ1) is 20.1. The maximum atomic E-state index is 12.7. The minimum atomic E-state index is -0.273. The summed E-state index contributed by atoms with van der Waals surface area (Å²) in [6.45, 7) is 2.49. The Labute approximate surface area is 170 Å². The first-order valence-electron chi connectivity index (χ1n) is 9.55. The van der Waals surface area contributed by atoms with E-state index < -0.39 is 0 Å². The molecule has 0 saturated heterocycles. The molecule has 0 fully saturated rings. The van der Waals surface area contributed by atoms with Gasteiger partial charge in [-0.15, -0.1) is 0 Å². The van der Waals surface area contributed by atoms with Gasteiger partial charge in [-0.2, -0.15) is 5.26 Å². The summed E-state index contributed by atoms with van der Waals surface area (Å²) in [4.78, 5) is 16.9. The molecule has 0 atom stereocenters. The lowest BCUT2D eigenvalue weighted by atomic mass is 10.00. The van der Waals surface area contributed by atoms with Crippen molar-refractivity contribution in [2.45, 2.75) is 26.4 Å². The Kier molecular flexibility index (Phi) is 6.59. The van der Waals surface area contributed by atoms with Gasteiger partial charge in [0.1, 0.15) is 29.8 Å². The molecule has 0 amide bonds. The Morgan fingerprint density at radius 1 is 1.17 bits per heavy atom. The van der Waals surface area contributed by atoms with Crippen LogP contribution in [-0.4, -0.2) is 15.3 Å². The van der Waals surface area contributed by atoms with Gasteiger partial charge in [-0.05, 0) is 35.8 Å². The monoisotopic (exact) mass is 385 g/mol. The van der Waals surface area contributed by atoms with Crippen molar-refractivity contribution in [1.29, 1.82) is 5.26 Å². The standard InChI is InChI=1S/C24H23N3O2/c1-3-4-18-5-9-20(10-6-18)24(28)21(16-25)15-19-7-11-22(12-8-19)29-17-23-26-13-14-27(23)2/h5-15H,3-4,17H2,1-2H3. The van der Waals surface area contributed by atoms with Crippen molar-refractivity contribution in [2.24, 2.45) is 7.05 Å². The van der Waals surface area contributed by atoms with E-state index in [0.29, 0.717) is 17.9 Å². The molecule has 146 valence electrons. The van der Waals surface area contributed by atoms with Crippen molar-refractivity contribution < 1.29 is 9.53 Å². The number of nitrogens with zero attached hydrogens (tertiary/aromatic N) is 3. The molecule has 1 heterocycles. The summed E-state index contributed by atoms with van der Waals surface area (Å²) in [6, 6.07) is 16.8. The van der Waals surface area contributed by atoms with Crippen molar-refractivity contribution in [3.8, 4) is 11.8 Å². The van der Waals surface area contributed by atoms with Crippen LogP contribution in [0.15, 0.2) is 66.5 Å². The molecule has 0 radical (unpaired) electrons. The van der Waals surface area contributed by atoms with Gasteiger partial charge in [-0.25, -0.2) is 4.98 Å². The lowest BCUT2D eigenvalue weighted by Crippen LogP contribution is -2.03. The zero-order valence-corrected chi connectivity index (χ0v) is 16.6. The molecule has 2 aromatic carbocycles. The van der Waals surface area contributed by atoms with Crippen LogP contribution in [0.3, 0.4) is 0 Å². The smallest absolute Gasteiger partial charge is 0.203 e. The summed E-state index contributed by atoms with van der Waals surface area (Å²) in [5.74, 6) is 1.25. The number of ketones is 1. The molecule has 0 N–H and O–H groups in total. The maximum absolute atomic E-state index is 12.7. The van der Waals surface area contributed by atoms with Gasteiger partial charge in [-0.3, -0.25) is 4.79 Å². The number of carbonyl (C=O) groups excluding carboxylic acids is 1. The minimum absolute atomic E-state index is 0.106. The van der Waals surface area contributed by atoms with Crippen LogP contribution in [0.4, 0.5) is 0 Å². The van der Waals surface area contributed by atoms with E-state index in [4.69, 9.17) is 4.74 Å². The minimum Gasteiger partial charge on any atom is -0.486 e. The number of allylic oxidation sites excluding steroid dienone is 1. The molecule has 0 unspecified atom stereocenters. The van der Waals surface area contributed by atoms with E-state index >= 15 is 0 Å². The molecule has 0 spiro atoms. The summed E-state index contributed by atoms with van der Waals surface area (Å²) in [7, 11) is 1.91. The quantitative estimate of drug-likeness (QED) is 0.319. The van der Waals surface area contributed by atoms with E-state index in [-0.39, 0.29) is 11.4 Å². The van der Waals surface area contributed by atoms with Crippen LogP contribution in [0.2, 0.25) is 0 Å². The van der Waals surface area contributed by atoms with Gasteiger partial charge < -0.3 is 9.30 Å². The number of aromatic nitrogens is 2. The van der Waals surface area contributed by atoms with Crippen molar-refractivity contribution in [2.75, 3.05) is 0 Å². The van der Waals surface area contributed by atoms with Crippen molar-refractivity contribution in [3.05, 3.63) is 89.0 Å². The third-order valence-electron chi connectivity index (χ3n) is 4.60. The molecule has 5 heteroatoms. The summed E-state index contributed by atoms with van der Waals surface area (Å²) in [5, 5.41) is 9.46. The Hall–Kier alpha value is -3.65. The predicted octanol–water partition coefficient (Wildman–Crippen LogP) is 4.74. The fraction of sp³-hybridized carbons (Fsp3) is 0.208. The Morgan fingerprint density at radius 3 is 2.48 bits per heavy atom. The van der Waals surface area contributed by atoms with Crippen LogP contribution in [0, 0.1) is 11.3 Å². The maximum Gasteiger partial charge on any atom is 0.203 e. The molecule has 3 aromatic rings. The number of imidazole rings is 1. The van der Waals surface area contributed by atoms with E-state index in [1.54, 1.807) is 24.4 Å². The van der Waals surface area contributed by atoms with E-state index in [1.807, 2.05) is 60.3 Å². The van der Waals surface area contributed by atoms with Crippen molar-refractivity contribution >= 4 is 11.9 Å². The van der Waals surface area contributed by atoms with Crippen LogP contribution in [-0.2, 0) is 20.1 Å². The summed E-state index contributed by atoms with van der Waals surface area (Å²) in [5.41, 5.74) is 2.58. The summed E-state index contributed by atoms with van der Waals surface area (Å²) < 4.78 is 7.63. The highest BCUT2D eigenvalue weighted by Crippen LogP contribution is 2.18. The van der Waals surface area contributed by atoms with Gasteiger partial charge in [0, 0.05) is 25.0 Å². The van der Waals surface area contributed by atoms with Gasteiger partial charge in [-0.1, -0.05) is 49.7 Å². The molecule has 0 aliphatic carbocycles. The molecule has 0 bridgehead atoms. The highest BCUT2D eigenvalue weighted by molar-refractivity contribution is 6.14. The van der Waals surface area contributed by atoms with E-state index in [0.717, 1.165) is 24.2 Å². The predicted molar refractivity (Wildman–Crippen MR) is 112 cm³/mol. The number of rotatable bonds is 8. The highest BCUT2D eigenvalue weighted by atomic mass is 16.5. The lowest BCUT2D eigenvalue weighted by molar-refractivity contribution is 0.104. The van der Waals surface area contributed by atoms with E-state index in [9.17, 15) is 10.1 Å². The van der Waals surface area contributed by atoms with E-state index in [2.05, 4.69) is 11.9 Å². The third-order valence-corrected chi connectivity index (χ3v) is 4.60. The third kappa shape index (κ3) is 5.20. The van der Waals surface area contributed by atoms with Crippen molar-refractivity contribution in [3.63, 3.8) is 0 Å². The highest BCUT2D eigenvalue weighted by Gasteiger charge is 2.12. The normalized spacial score (nSPS) is 11.1. The average Bonchev–Trinajstić information content (AvgIpc) is 3.16. The molecule has 5 nitrogen and oxygen atoms in total. The van der Waals surface area contributed by atoms with Crippen LogP contribution >= 0.6 is 0 Å². The van der Waals surface area contributed by atoms with Gasteiger partial charge in [0.2, 0.25) is 5.78 Å².